The Hall–Kier alpha value is -4.70. The van der Waals surface area contributed by atoms with Crippen molar-refractivity contribution in [2.75, 3.05) is 13.2 Å². The van der Waals surface area contributed by atoms with E-state index in [4.69, 9.17) is 9.84 Å². The van der Waals surface area contributed by atoms with Crippen LogP contribution in [0.25, 0.3) is 23.0 Å². The topological polar surface area (TPSA) is 88.2 Å². The van der Waals surface area contributed by atoms with E-state index in [1.807, 2.05) is 74.6 Å². The lowest BCUT2D eigenvalue weighted by Crippen LogP contribution is -2.43. The normalized spacial score (nSPS) is 14.7. The number of para-hydroxylation sites is 1. The highest BCUT2D eigenvalue weighted by Crippen LogP contribution is 2.33. The first-order chi connectivity index (χ1) is 18.4. The number of aromatic nitrogens is 2. The van der Waals surface area contributed by atoms with Crippen LogP contribution in [0.5, 0.6) is 5.75 Å². The van der Waals surface area contributed by atoms with Crippen LogP contribution in [0, 0.1) is 18.3 Å². The predicted molar refractivity (Wildman–Crippen MR) is 147 cm³/mol. The van der Waals surface area contributed by atoms with E-state index >= 15 is 0 Å². The fourth-order valence-electron chi connectivity index (χ4n) is 4.37. The first-order valence-electron chi connectivity index (χ1n) is 12.6. The molecule has 0 bridgehead atoms. The summed E-state index contributed by atoms with van der Waals surface area (Å²) in [6, 6.07) is 17.5. The number of amides is 2. The third-order valence-corrected chi connectivity index (χ3v) is 6.44. The average molecular weight is 507 g/mol. The number of aryl methyl sites for hydroxylation is 1. The molecule has 38 heavy (non-hydrogen) atoms. The highest BCUT2D eigenvalue weighted by molar-refractivity contribution is 6.19. The Bertz CT molecular complexity index is 1490. The summed E-state index contributed by atoms with van der Waals surface area (Å²) < 4.78 is 7.45. The minimum absolute atomic E-state index is 0.0103. The van der Waals surface area contributed by atoms with E-state index in [0.29, 0.717) is 35.4 Å². The molecular formula is C31H30N4O3. The van der Waals surface area contributed by atoms with Gasteiger partial charge in [0, 0.05) is 29.4 Å². The van der Waals surface area contributed by atoms with E-state index in [1.165, 1.54) is 4.90 Å². The maximum atomic E-state index is 13.5. The molecule has 0 saturated carbocycles. The number of carbonyl (C=O) groups excluding carboxylic acids is 2. The Morgan fingerprint density at radius 3 is 2.53 bits per heavy atom. The van der Waals surface area contributed by atoms with Gasteiger partial charge in [0.1, 0.15) is 29.7 Å². The molecule has 192 valence electrons. The van der Waals surface area contributed by atoms with Crippen LogP contribution in [0.3, 0.4) is 0 Å². The molecule has 1 aliphatic rings. The standard InChI is InChI=1S/C31H30N4O3/c1-5-7-15-34-30(36)27(22(4)28(19-32)31(34)37)18-23-20-35(24-11-9-8-10-12-24)33-29(23)26-14-13-25(17-21(26)3)38-16-6-2/h6,8-14,17-18,20H,2,5,7,15-16H2,1,3-4H3/b27-18+. The minimum Gasteiger partial charge on any atom is -0.490 e. The molecule has 0 atom stereocenters. The number of carbonyl (C=O) groups is 2. The summed E-state index contributed by atoms with van der Waals surface area (Å²) >= 11 is 0. The molecule has 2 aromatic carbocycles. The Morgan fingerprint density at radius 1 is 1.11 bits per heavy atom. The molecule has 2 heterocycles. The van der Waals surface area contributed by atoms with Gasteiger partial charge in [-0.3, -0.25) is 14.5 Å². The molecular weight excluding hydrogens is 476 g/mol. The van der Waals surface area contributed by atoms with Crippen molar-refractivity contribution in [2.24, 2.45) is 0 Å². The van der Waals surface area contributed by atoms with Crippen LogP contribution in [-0.4, -0.2) is 39.6 Å². The summed E-state index contributed by atoms with van der Waals surface area (Å²) in [5.41, 5.74) is 4.73. The van der Waals surface area contributed by atoms with E-state index in [0.717, 1.165) is 29.0 Å². The number of imide groups is 1. The van der Waals surface area contributed by atoms with Crippen molar-refractivity contribution in [2.45, 2.75) is 33.6 Å². The van der Waals surface area contributed by atoms with E-state index in [1.54, 1.807) is 23.8 Å². The first-order valence-corrected chi connectivity index (χ1v) is 12.6. The molecule has 0 saturated heterocycles. The van der Waals surface area contributed by atoms with Crippen molar-refractivity contribution in [3.63, 3.8) is 0 Å². The molecule has 0 aliphatic carbocycles. The maximum absolute atomic E-state index is 13.5. The number of nitrogens with zero attached hydrogens (tertiary/aromatic N) is 4. The molecule has 2 amide bonds. The Labute approximate surface area is 223 Å². The summed E-state index contributed by atoms with van der Waals surface area (Å²) in [5.74, 6) is -0.214. The monoisotopic (exact) mass is 506 g/mol. The van der Waals surface area contributed by atoms with Gasteiger partial charge >= 0.3 is 0 Å². The molecule has 1 aliphatic heterocycles. The van der Waals surface area contributed by atoms with Crippen LogP contribution in [0.15, 0.2) is 84.1 Å². The van der Waals surface area contributed by atoms with Crippen molar-refractivity contribution in [1.29, 1.82) is 5.26 Å². The van der Waals surface area contributed by atoms with Gasteiger partial charge < -0.3 is 4.74 Å². The first kappa shape index (κ1) is 26.4. The number of benzene rings is 2. The van der Waals surface area contributed by atoms with Gasteiger partial charge in [-0.15, -0.1) is 0 Å². The SMILES string of the molecule is C=CCOc1ccc(-c2nn(-c3ccccc3)cc2/C=C2/C(=O)N(CCCC)C(=O)C(C#N)=C2C)c(C)c1. The number of hydrogen-bond acceptors (Lipinski definition) is 5. The van der Waals surface area contributed by atoms with Crippen molar-refractivity contribution in [3.05, 3.63) is 95.2 Å². The highest BCUT2D eigenvalue weighted by Gasteiger charge is 2.35. The van der Waals surface area contributed by atoms with Crippen LogP contribution in [0.2, 0.25) is 0 Å². The van der Waals surface area contributed by atoms with E-state index < -0.39 is 11.8 Å². The van der Waals surface area contributed by atoms with Crippen molar-refractivity contribution < 1.29 is 14.3 Å². The molecule has 0 unspecified atom stereocenters. The summed E-state index contributed by atoms with van der Waals surface area (Å²) in [7, 11) is 0. The fraction of sp³-hybridized carbons (Fsp3) is 0.226. The van der Waals surface area contributed by atoms with Crippen LogP contribution in [-0.2, 0) is 9.59 Å². The molecule has 3 aromatic rings. The number of hydrogen-bond donors (Lipinski definition) is 0. The molecule has 0 fully saturated rings. The second kappa shape index (κ2) is 11.6. The van der Waals surface area contributed by atoms with E-state index in [-0.39, 0.29) is 12.1 Å². The Kier molecular flexibility index (Phi) is 8.03. The molecule has 1 aromatic heterocycles. The van der Waals surface area contributed by atoms with Gasteiger partial charge in [-0.1, -0.05) is 44.2 Å². The lowest BCUT2D eigenvalue weighted by Gasteiger charge is -2.27. The van der Waals surface area contributed by atoms with Crippen LogP contribution >= 0.6 is 0 Å². The van der Waals surface area contributed by atoms with Crippen molar-refractivity contribution in [3.8, 4) is 28.8 Å². The molecule has 0 spiro atoms. The summed E-state index contributed by atoms with van der Waals surface area (Å²) in [5, 5.41) is 14.6. The van der Waals surface area contributed by atoms with Gasteiger partial charge in [-0.25, -0.2) is 4.68 Å². The van der Waals surface area contributed by atoms with Gasteiger partial charge in [0.05, 0.1) is 5.69 Å². The summed E-state index contributed by atoms with van der Waals surface area (Å²) in [6.07, 6.45) is 6.78. The van der Waals surface area contributed by atoms with Gasteiger partial charge in [0.15, 0.2) is 0 Å². The minimum atomic E-state index is -0.535. The Morgan fingerprint density at radius 2 is 1.87 bits per heavy atom. The van der Waals surface area contributed by atoms with Crippen LogP contribution in [0.1, 0.15) is 37.8 Å². The maximum Gasteiger partial charge on any atom is 0.271 e. The van der Waals surface area contributed by atoms with Gasteiger partial charge in [0.25, 0.3) is 11.8 Å². The fourth-order valence-corrected chi connectivity index (χ4v) is 4.37. The predicted octanol–water partition coefficient (Wildman–Crippen LogP) is 5.80. The quantitative estimate of drug-likeness (QED) is 0.208. The number of unbranched alkanes of at least 4 members (excludes halogenated alkanes) is 1. The average Bonchev–Trinajstić information content (AvgIpc) is 3.34. The molecule has 7 nitrogen and oxygen atoms in total. The second-order valence-electron chi connectivity index (χ2n) is 9.07. The zero-order valence-electron chi connectivity index (χ0n) is 21.9. The third-order valence-electron chi connectivity index (χ3n) is 6.44. The second-order valence-corrected chi connectivity index (χ2v) is 9.07. The van der Waals surface area contributed by atoms with Gasteiger partial charge in [-0.05, 0) is 67.8 Å². The highest BCUT2D eigenvalue weighted by atomic mass is 16.5. The smallest absolute Gasteiger partial charge is 0.271 e. The van der Waals surface area contributed by atoms with E-state index in [2.05, 4.69) is 6.58 Å². The third kappa shape index (κ3) is 5.21. The summed E-state index contributed by atoms with van der Waals surface area (Å²) in [4.78, 5) is 27.5. The van der Waals surface area contributed by atoms with Crippen molar-refractivity contribution in [1.82, 2.24) is 14.7 Å². The zero-order valence-corrected chi connectivity index (χ0v) is 21.9. The lowest BCUT2D eigenvalue weighted by molar-refractivity contribution is -0.140. The number of nitriles is 1. The Balaban J connectivity index is 1.89. The number of ether oxygens (including phenoxy) is 1. The summed E-state index contributed by atoms with van der Waals surface area (Å²) in [6.45, 7) is 9.98. The molecule has 0 N–H and O–H groups in total. The molecule has 7 heteroatoms. The largest absolute Gasteiger partial charge is 0.490 e. The lowest BCUT2D eigenvalue weighted by atomic mass is 9.92. The van der Waals surface area contributed by atoms with Gasteiger partial charge in [-0.2, -0.15) is 10.4 Å². The van der Waals surface area contributed by atoms with Crippen LogP contribution in [0.4, 0.5) is 0 Å². The zero-order chi connectivity index (χ0) is 27.2. The van der Waals surface area contributed by atoms with Crippen LogP contribution < -0.4 is 4.74 Å². The molecule has 0 radical (unpaired) electrons. The van der Waals surface area contributed by atoms with E-state index in [9.17, 15) is 14.9 Å². The molecule has 4 rings (SSSR count). The van der Waals surface area contributed by atoms with Gasteiger partial charge in [0.2, 0.25) is 0 Å². The van der Waals surface area contributed by atoms with Crippen molar-refractivity contribution >= 4 is 17.9 Å². The number of rotatable bonds is 9.